The Labute approximate surface area is 234 Å². The average molecular weight is 601 g/mol. The summed E-state index contributed by atoms with van der Waals surface area (Å²) in [5, 5.41) is 6.37. The number of hydrogen-bond acceptors (Lipinski definition) is 7. The molecule has 1 aromatic heterocycles. The largest absolute Gasteiger partial charge is 0.419 e. The van der Waals surface area contributed by atoms with Crippen molar-refractivity contribution in [2.24, 2.45) is 5.10 Å². The number of nitrogens with one attached hydrogen (secondary N) is 2. The van der Waals surface area contributed by atoms with Crippen LogP contribution in [0.4, 0.5) is 52.7 Å². The lowest BCUT2D eigenvalue weighted by molar-refractivity contribution is -0.140. The highest BCUT2D eigenvalue weighted by Gasteiger charge is 2.34. The highest BCUT2D eigenvalue weighted by molar-refractivity contribution is 5.80. The SMILES string of the molecule is CC1CC=C(Cc2nc(N/N=C/c3cc(F)cc(C(F)(F)F)c3)nc(Nc3ccc(F)c(C(F)(F)F)c3)n2)CC(C)O1. The van der Waals surface area contributed by atoms with Crippen molar-refractivity contribution >= 4 is 23.8 Å². The van der Waals surface area contributed by atoms with Gasteiger partial charge in [0.2, 0.25) is 11.9 Å². The molecular formula is C27H24F8N6O. The molecule has 2 heterocycles. The lowest BCUT2D eigenvalue weighted by Gasteiger charge is -2.15. The number of aromatic nitrogens is 3. The van der Waals surface area contributed by atoms with Crippen molar-refractivity contribution in [2.75, 3.05) is 10.7 Å². The Balaban J connectivity index is 1.63. The Bertz CT molecular complexity index is 1490. The molecule has 2 aromatic carbocycles. The van der Waals surface area contributed by atoms with E-state index in [4.69, 9.17) is 4.74 Å². The third-order valence-corrected chi connectivity index (χ3v) is 5.97. The summed E-state index contributed by atoms with van der Waals surface area (Å²) in [7, 11) is 0. The number of rotatable bonds is 7. The molecule has 2 N–H and O–H groups in total. The number of benzene rings is 2. The number of hydrazone groups is 1. The van der Waals surface area contributed by atoms with Gasteiger partial charge in [0.1, 0.15) is 17.5 Å². The van der Waals surface area contributed by atoms with E-state index in [2.05, 4.69) is 30.8 Å². The Morgan fingerprint density at radius 1 is 0.929 bits per heavy atom. The minimum atomic E-state index is -4.95. The summed E-state index contributed by atoms with van der Waals surface area (Å²) < 4.78 is 112. The molecule has 3 aromatic rings. The van der Waals surface area contributed by atoms with Gasteiger partial charge < -0.3 is 10.1 Å². The van der Waals surface area contributed by atoms with Crippen molar-refractivity contribution < 1.29 is 39.9 Å². The van der Waals surface area contributed by atoms with Crippen LogP contribution in [0.5, 0.6) is 0 Å². The molecule has 2 atom stereocenters. The molecule has 0 radical (unpaired) electrons. The molecule has 0 saturated carbocycles. The Kier molecular flexibility index (Phi) is 9.09. The van der Waals surface area contributed by atoms with Gasteiger partial charge >= 0.3 is 12.4 Å². The lowest BCUT2D eigenvalue weighted by atomic mass is 10.0. The zero-order valence-corrected chi connectivity index (χ0v) is 22.1. The zero-order valence-electron chi connectivity index (χ0n) is 22.1. The second-order valence-corrected chi connectivity index (χ2v) is 9.59. The molecule has 0 fully saturated rings. The van der Waals surface area contributed by atoms with Crippen LogP contribution in [-0.4, -0.2) is 33.4 Å². The molecule has 2 unspecified atom stereocenters. The highest BCUT2D eigenvalue weighted by Crippen LogP contribution is 2.34. The molecule has 4 rings (SSSR count). The number of nitrogens with zero attached hydrogens (tertiary/aromatic N) is 4. The first-order valence-electron chi connectivity index (χ1n) is 12.5. The minimum absolute atomic E-state index is 0.0124. The van der Waals surface area contributed by atoms with Crippen LogP contribution in [0.1, 0.15) is 49.2 Å². The molecule has 0 bridgehead atoms. The van der Waals surface area contributed by atoms with Gasteiger partial charge in [-0.25, -0.2) is 14.2 Å². The van der Waals surface area contributed by atoms with Crippen LogP contribution < -0.4 is 10.7 Å². The normalized spacial score (nSPS) is 18.1. The quantitative estimate of drug-likeness (QED) is 0.127. The first kappa shape index (κ1) is 30.8. The van der Waals surface area contributed by atoms with Gasteiger partial charge in [0, 0.05) is 12.1 Å². The Hall–Kier alpha value is -4.14. The van der Waals surface area contributed by atoms with Crippen molar-refractivity contribution in [3.8, 4) is 0 Å². The van der Waals surface area contributed by atoms with E-state index in [0.29, 0.717) is 37.1 Å². The second-order valence-electron chi connectivity index (χ2n) is 9.59. The molecule has 0 saturated heterocycles. The first-order valence-corrected chi connectivity index (χ1v) is 12.5. The van der Waals surface area contributed by atoms with Crippen LogP contribution in [0.3, 0.4) is 0 Å². The van der Waals surface area contributed by atoms with Gasteiger partial charge in [-0.2, -0.15) is 46.4 Å². The second kappa shape index (κ2) is 12.4. The summed E-state index contributed by atoms with van der Waals surface area (Å²) >= 11 is 0. The van der Waals surface area contributed by atoms with E-state index in [0.717, 1.165) is 23.9 Å². The summed E-state index contributed by atoms with van der Waals surface area (Å²) in [6, 6.07) is 4.13. The smallest absolute Gasteiger partial charge is 0.375 e. The van der Waals surface area contributed by atoms with E-state index in [-0.39, 0.29) is 47.6 Å². The van der Waals surface area contributed by atoms with E-state index < -0.39 is 35.1 Å². The third kappa shape index (κ3) is 8.44. The van der Waals surface area contributed by atoms with Crippen molar-refractivity contribution in [3.05, 3.63) is 82.2 Å². The third-order valence-electron chi connectivity index (χ3n) is 5.97. The number of anilines is 3. The fraction of sp³-hybridized carbons (Fsp3) is 0.333. The minimum Gasteiger partial charge on any atom is -0.375 e. The van der Waals surface area contributed by atoms with Crippen LogP contribution in [-0.2, 0) is 23.5 Å². The fourth-order valence-corrected chi connectivity index (χ4v) is 4.20. The van der Waals surface area contributed by atoms with Gasteiger partial charge in [-0.05, 0) is 68.7 Å². The molecule has 42 heavy (non-hydrogen) atoms. The van der Waals surface area contributed by atoms with Crippen LogP contribution in [0.25, 0.3) is 0 Å². The van der Waals surface area contributed by atoms with Crippen LogP contribution in [0, 0.1) is 11.6 Å². The maximum Gasteiger partial charge on any atom is 0.419 e. The molecule has 1 aliphatic rings. The number of halogens is 8. The first-order chi connectivity index (χ1) is 19.7. The van der Waals surface area contributed by atoms with Crippen LogP contribution >= 0.6 is 0 Å². The molecule has 15 heteroatoms. The van der Waals surface area contributed by atoms with E-state index >= 15 is 0 Å². The summed E-state index contributed by atoms with van der Waals surface area (Å²) in [5.74, 6) is -2.83. The van der Waals surface area contributed by atoms with Gasteiger partial charge in [-0.15, -0.1) is 0 Å². The summed E-state index contributed by atoms with van der Waals surface area (Å²) in [4.78, 5) is 12.6. The molecule has 0 aliphatic carbocycles. The van der Waals surface area contributed by atoms with Gasteiger partial charge in [0.05, 0.1) is 29.5 Å². The average Bonchev–Trinajstić information content (AvgIpc) is 3.02. The van der Waals surface area contributed by atoms with Crippen molar-refractivity contribution in [1.29, 1.82) is 0 Å². The zero-order chi connectivity index (χ0) is 30.7. The van der Waals surface area contributed by atoms with E-state index in [1.807, 2.05) is 19.9 Å². The molecule has 7 nitrogen and oxygen atoms in total. The predicted octanol–water partition coefficient (Wildman–Crippen LogP) is 7.43. The highest BCUT2D eigenvalue weighted by atomic mass is 19.4. The van der Waals surface area contributed by atoms with Crippen molar-refractivity contribution in [2.45, 2.75) is 57.7 Å². The molecule has 224 valence electrons. The van der Waals surface area contributed by atoms with Crippen LogP contribution in [0.15, 0.2) is 53.1 Å². The van der Waals surface area contributed by atoms with Gasteiger partial charge in [-0.1, -0.05) is 11.6 Å². The van der Waals surface area contributed by atoms with Gasteiger partial charge in [0.25, 0.3) is 0 Å². The molecule has 1 aliphatic heterocycles. The molecular weight excluding hydrogens is 576 g/mol. The number of ether oxygens (including phenoxy) is 1. The fourth-order valence-electron chi connectivity index (χ4n) is 4.20. The Morgan fingerprint density at radius 3 is 2.38 bits per heavy atom. The lowest BCUT2D eigenvalue weighted by Crippen LogP contribution is -2.14. The van der Waals surface area contributed by atoms with Crippen molar-refractivity contribution in [1.82, 2.24) is 15.0 Å². The van der Waals surface area contributed by atoms with Crippen LogP contribution in [0.2, 0.25) is 0 Å². The number of hydrogen-bond donors (Lipinski definition) is 2. The number of alkyl halides is 6. The predicted molar refractivity (Wildman–Crippen MR) is 138 cm³/mol. The standard InChI is InChI=1S/C27H24F8N6O/c1-14-3-4-16(7-15(2)42-14)10-23-38-24(37-20-5-6-22(29)21(12-20)27(33,34)35)40-25(39-23)41-36-13-17-8-18(26(30,31)32)11-19(28)9-17/h4-6,8-9,11-15H,3,7,10H2,1-2H3,(H2,37,38,39,40,41)/b36-13+. The maximum absolute atomic E-state index is 13.8. The Morgan fingerprint density at radius 2 is 1.67 bits per heavy atom. The summed E-state index contributed by atoms with van der Waals surface area (Å²) in [6.45, 7) is 3.83. The van der Waals surface area contributed by atoms with E-state index in [1.54, 1.807) is 0 Å². The summed E-state index contributed by atoms with van der Waals surface area (Å²) in [5.41, 5.74) is 0.277. The van der Waals surface area contributed by atoms with E-state index in [9.17, 15) is 35.1 Å². The van der Waals surface area contributed by atoms with Gasteiger partial charge in [0.15, 0.2) is 0 Å². The topological polar surface area (TPSA) is 84.3 Å². The monoisotopic (exact) mass is 600 g/mol. The molecule has 0 spiro atoms. The molecule has 0 amide bonds. The maximum atomic E-state index is 13.8. The summed E-state index contributed by atoms with van der Waals surface area (Å²) in [6.07, 6.45) is -5.52. The van der Waals surface area contributed by atoms with Crippen molar-refractivity contribution in [3.63, 3.8) is 0 Å². The van der Waals surface area contributed by atoms with Gasteiger partial charge in [-0.3, -0.25) is 0 Å². The van der Waals surface area contributed by atoms with E-state index in [1.165, 1.54) is 0 Å².